The number of Topliss-reactive ketones (excluding diaryl/α,β-unsaturated/α-hetero) is 1. The van der Waals surface area contributed by atoms with Gasteiger partial charge in [-0.15, -0.1) is 0 Å². The summed E-state index contributed by atoms with van der Waals surface area (Å²) in [7, 11) is 0. The van der Waals surface area contributed by atoms with Crippen molar-refractivity contribution in [2.45, 2.75) is 58.0 Å². The molecule has 1 aliphatic heterocycles. The van der Waals surface area contributed by atoms with Gasteiger partial charge in [-0.3, -0.25) is 9.69 Å². The average molecular weight is 238 g/mol. The highest BCUT2D eigenvalue weighted by atomic mass is 16.1. The molecule has 0 aromatic carbocycles. The first-order chi connectivity index (χ1) is 8.16. The second-order valence-corrected chi connectivity index (χ2v) is 5.97. The van der Waals surface area contributed by atoms with Gasteiger partial charge in [0.25, 0.3) is 0 Å². The summed E-state index contributed by atoms with van der Waals surface area (Å²) in [4.78, 5) is 14.4. The molecule has 17 heavy (non-hydrogen) atoms. The van der Waals surface area contributed by atoms with Crippen LogP contribution in [0.25, 0.3) is 0 Å². The van der Waals surface area contributed by atoms with Gasteiger partial charge in [0.15, 0.2) is 0 Å². The van der Waals surface area contributed by atoms with E-state index < -0.39 is 0 Å². The molecule has 0 amide bonds. The zero-order valence-electron chi connectivity index (χ0n) is 11.0. The summed E-state index contributed by atoms with van der Waals surface area (Å²) in [5, 5.41) is 0. The number of piperidine rings is 1. The van der Waals surface area contributed by atoms with Gasteiger partial charge in [0, 0.05) is 12.5 Å². The second kappa shape index (κ2) is 5.96. The van der Waals surface area contributed by atoms with Crippen LogP contribution in [0.2, 0.25) is 0 Å². The molecular weight excluding hydrogens is 212 g/mol. The molecule has 0 spiro atoms. The summed E-state index contributed by atoms with van der Waals surface area (Å²) >= 11 is 0. The molecule has 1 aliphatic carbocycles. The summed E-state index contributed by atoms with van der Waals surface area (Å²) in [5.41, 5.74) is 6.12. The number of rotatable bonds is 3. The van der Waals surface area contributed by atoms with Crippen LogP contribution in [0.1, 0.15) is 51.9 Å². The molecule has 1 saturated heterocycles. The highest BCUT2D eigenvalue weighted by Gasteiger charge is 2.28. The molecule has 2 fully saturated rings. The minimum absolute atomic E-state index is 0.103. The fourth-order valence-corrected chi connectivity index (χ4v) is 3.18. The number of carbonyl (C=O) groups excluding carboxylic acids is 1. The summed E-state index contributed by atoms with van der Waals surface area (Å²) in [6.45, 7) is 3.85. The van der Waals surface area contributed by atoms with Crippen molar-refractivity contribution in [3.63, 3.8) is 0 Å². The molecule has 2 rings (SSSR count). The van der Waals surface area contributed by atoms with Gasteiger partial charge in [0.05, 0.1) is 12.7 Å². The molecule has 0 radical (unpaired) electrons. The molecular formula is C14H26N2O. The van der Waals surface area contributed by atoms with E-state index in [2.05, 4.69) is 11.8 Å². The molecule has 0 aromatic rings. The molecule has 2 atom stereocenters. The Morgan fingerprint density at radius 2 is 1.94 bits per heavy atom. The van der Waals surface area contributed by atoms with E-state index in [4.69, 9.17) is 5.73 Å². The Kier molecular flexibility index (Phi) is 4.57. The lowest BCUT2D eigenvalue weighted by Gasteiger charge is -2.36. The van der Waals surface area contributed by atoms with Crippen LogP contribution in [0, 0.1) is 11.8 Å². The maximum atomic E-state index is 12.2. The van der Waals surface area contributed by atoms with E-state index in [1.54, 1.807) is 0 Å². The van der Waals surface area contributed by atoms with Crippen molar-refractivity contribution in [3.8, 4) is 0 Å². The Morgan fingerprint density at radius 1 is 1.24 bits per heavy atom. The van der Waals surface area contributed by atoms with E-state index >= 15 is 0 Å². The van der Waals surface area contributed by atoms with Gasteiger partial charge < -0.3 is 5.73 Å². The van der Waals surface area contributed by atoms with E-state index in [1.807, 2.05) is 0 Å². The standard InChI is InChI=1S/C14H26N2O/c1-11-7-8-16(14(15)9-11)10-13(17)12-5-3-2-4-6-12/h11-12,14H,2-10,15H2,1H3. The highest BCUT2D eigenvalue weighted by Crippen LogP contribution is 2.26. The predicted molar refractivity (Wildman–Crippen MR) is 69.5 cm³/mol. The number of carbonyl (C=O) groups is 1. The lowest BCUT2D eigenvalue weighted by Crippen LogP contribution is -2.50. The number of likely N-dealkylation sites (tertiary alicyclic amines) is 1. The second-order valence-electron chi connectivity index (χ2n) is 5.97. The number of nitrogens with zero attached hydrogens (tertiary/aromatic N) is 1. The Morgan fingerprint density at radius 3 is 2.59 bits per heavy atom. The molecule has 2 N–H and O–H groups in total. The van der Waals surface area contributed by atoms with Crippen LogP contribution in [0.5, 0.6) is 0 Å². The normalized spacial score (nSPS) is 32.6. The summed E-state index contributed by atoms with van der Waals surface area (Å²) < 4.78 is 0. The van der Waals surface area contributed by atoms with Gasteiger partial charge in [-0.05, 0) is 31.6 Å². The van der Waals surface area contributed by atoms with Crippen molar-refractivity contribution < 1.29 is 4.79 Å². The maximum Gasteiger partial charge on any atom is 0.149 e. The van der Waals surface area contributed by atoms with Crippen molar-refractivity contribution in [2.75, 3.05) is 13.1 Å². The molecule has 0 bridgehead atoms. The Hall–Kier alpha value is -0.410. The molecule has 3 nitrogen and oxygen atoms in total. The smallest absolute Gasteiger partial charge is 0.149 e. The number of hydrogen-bond donors (Lipinski definition) is 1. The monoisotopic (exact) mass is 238 g/mol. The highest BCUT2D eigenvalue weighted by molar-refractivity contribution is 5.83. The maximum absolute atomic E-state index is 12.2. The lowest BCUT2D eigenvalue weighted by atomic mass is 9.85. The Bertz CT molecular complexity index is 261. The molecule has 0 aromatic heterocycles. The molecule has 2 unspecified atom stereocenters. The van der Waals surface area contributed by atoms with Crippen LogP contribution in [-0.2, 0) is 4.79 Å². The average Bonchev–Trinajstić information content (AvgIpc) is 2.34. The van der Waals surface area contributed by atoms with Gasteiger partial charge in [0.1, 0.15) is 5.78 Å². The van der Waals surface area contributed by atoms with Gasteiger partial charge in [-0.1, -0.05) is 26.2 Å². The van der Waals surface area contributed by atoms with E-state index in [9.17, 15) is 4.79 Å². The number of nitrogens with two attached hydrogens (primary N) is 1. The van der Waals surface area contributed by atoms with E-state index in [-0.39, 0.29) is 6.17 Å². The van der Waals surface area contributed by atoms with Gasteiger partial charge >= 0.3 is 0 Å². The van der Waals surface area contributed by atoms with Crippen molar-refractivity contribution in [2.24, 2.45) is 17.6 Å². The molecule has 1 heterocycles. The third-order valence-electron chi connectivity index (χ3n) is 4.44. The predicted octanol–water partition coefficient (Wildman–Crippen LogP) is 2.15. The zero-order chi connectivity index (χ0) is 12.3. The van der Waals surface area contributed by atoms with Crippen LogP contribution >= 0.6 is 0 Å². The molecule has 3 heteroatoms. The quantitative estimate of drug-likeness (QED) is 0.819. The largest absolute Gasteiger partial charge is 0.316 e. The first-order valence-electron chi connectivity index (χ1n) is 7.19. The topological polar surface area (TPSA) is 46.3 Å². The zero-order valence-corrected chi connectivity index (χ0v) is 11.0. The van der Waals surface area contributed by atoms with Gasteiger partial charge in [0.2, 0.25) is 0 Å². The van der Waals surface area contributed by atoms with Crippen LogP contribution in [0.15, 0.2) is 0 Å². The summed E-state index contributed by atoms with van der Waals surface area (Å²) in [6.07, 6.45) is 8.33. The van der Waals surface area contributed by atoms with E-state index in [0.29, 0.717) is 24.2 Å². The fraction of sp³-hybridized carbons (Fsp3) is 0.929. The van der Waals surface area contributed by atoms with Crippen LogP contribution in [0.3, 0.4) is 0 Å². The SMILES string of the molecule is CC1CCN(CC(=O)C2CCCCC2)C(N)C1. The van der Waals surface area contributed by atoms with E-state index in [0.717, 1.165) is 25.8 Å². The summed E-state index contributed by atoms with van der Waals surface area (Å²) in [5.74, 6) is 1.48. The summed E-state index contributed by atoms with van der Waals surface area (Å²) in [6, 6.07) is 0. The number of hydrogen-bond acceptors (Lipinski definition) is 3. The lowest BCUT2D eigenvalue weighted by molar-refractivity contribution is -0.126. The van der Waals surface area contributed by atoms with Crippen molar-refractivity contribution >= 4 is 5.78 Å². The third-order valence-corrected chi connectivity index (χ3v) is 4.44. The Labute approximate surface area is 105 Å². The molecule has 2 aliphatic rings. The van der Waals surface area contributed by atoms with Gasteiger partial charge in [-0.2, -0.15) is 0 Å². The van der Waals surface area contributed by atoms with Crippen LogP contribution in [-0.4, -0.2) is 29.9 Å². The molecule has 98 valence electrons. The van der Waals surface area contributed by atoms with Crippen LogP contribution < -0.4 is 5.73 Å². The number of ketones is 1. The van der Waals surface area contributed by atoms with Gasteiger partial charge in [-0.25, -0.2) is 0 Å². The van der Waals surface area contributed by atoms with Crippen molar-refractivity contribution in [3.05, 3.63) is 0 Å². The third kappa shape index (κ3) is 3.52. The first-order valence-corrected chi connectivity index (χ1v) is 7.19. The Balaban J connectivity index is 1.81. The molecule has 1 saturated carbocycles. The van der Waals surface area contributed by atoms with Crippen molar-refractivity contribution in [1.82, 2.24) is 4.90 Å². The van der Waals surface area contributed by atoms with E-state index in [1.165, 1.54) is 25.7 Å². The minimum atomic E-state index is 0.103. The van der Waals surface area contributed by atoms with Crippen molar-refractivity contribution in [1.29, 1.82) is 0 Å². The minimum Gasteiger partial charge on any atom is -0.316 e. The van der Waals surface area contributed by atoms with Crippen LogP contribution in [0.4, 0.5) is 0 Å². The fourth-order valence-electron chi connectivity index (χ4n) is 3.18. The first kappa shape index (κ1) is 13.0.